The Balaban J connectivity index is 1.66. The minimum Gasteiger partial charge on any atom is -0.0669 e. The Morgan fingerprint density at radius 2 is 1.23 bits per heavy atom. The maximum Gasteiger partial charge on any atom is 0.0550 e. The van der Waals surface area contributed by atoms with Gasteiger partial charge in [-0.2, -0.15) is 0 Å². The van der Waals surface area contributed by atoms with Gasteiger partial charge in [0.05, 0.1) is 19.0 Å². The van der Waals surface area contributed by atoms with Crippen LogP contribution in [0.4, 0.5) is 0 Å². The van der Waals surface area contributed by atoms with Crippen LogP contribution in [-0.2, 0) is 0 Å². The predicted molar refractivity (Wildman–Crippen MR) is 104 cm³/mol. The highest BCUT2D eigenvalue weighted by Crippen LogP contribution is 2.30. The van der Waals surface area contributed by atoms with Crippen molar-refractivity contribution in [2.24, 2.45) is 5.92 Å². The maximum atomic E-state index is 2.37. The van der Waals surface area contributed by atoms with Gasteiger partial charge in [0.1, 0.15) is 0 Å². The molecule has 3 rings (SSSR count). The SMILES string of the molecule is c1ccc([SiH2]C(CC2CCCCC2)[SiH2]c2ccccc2)cc1. The largest absolute Gasteiger partial charge is 0.0669 e. The third-order valence-electron chi connectivity index (χ3n) is 5.13. The monoisotopic (exact) mass is 324 g/mol. The van der Waals surface area contributed by atoms with Gasteiger partial charge < -0.3 is 0 Å². The first-order chi connectivity index (χ1) is 10.9. The molecule has 0 bridgehead atoms. The molecule has 2 heteroatoms. The predicted octanol–water partition coefficient (Wildman–Crippen LogP) is 2.69. The average molecular weight is 325 g/mol. The second-order valence-corrected chi connectivity index (χ2v) is 12.9. The molecule has 22 heavy (non-hydrogen) atoms. The third-order valence-corrected chi connectivity index (χ3v) is 10.6. The van der Waals surface area contributed by atoms with Gasteiger partial charge in [0, 0.05) is 0 Å². The molecule has 1 aliphatic rings. The molecular formula is C20H28Si2. The van der Waals surface area contributed by atoms with Gasteiger partial charge in [0.25, 0.3) is 0 Å². The summed E-state index contributed by atoms with van der Waals surface area (Å²) < 4.78 is 0. The van der Waals surface area contributed by atoms with E-state index in [0.29, 0.717) is 0 Å². The van der Waals surface area contributed by atoms with Crippen LogP contribution in [0.1, 0.15) is 38.5 Å². The van der Waals surface area contributed by atoms with Gasteiger partial charge in [-0.1, -0.05) is 115 Å². The van der Waals surface area contributed by atoms with Crippen molar-refractivity contribution in [3.05, 3.63) is 60.7 Å². The van der Waals surface area contributed by atoms with Crippen molar-refractivity contribution in [3.63, 3.8) is 0 Å². The topological polar surface area (TPSA) is 0 Å². The Labute approximate surface area is 140 Å². The first kappa shape index (κ1) is 15.8. The Kier molecular flexibility index (Phi) is 6.08. The molecule has 0 aromatic heterocycles. The Morgan fingerprint density at radius 3 is 1.73 bits per heavy atom. The van der Waals surface area contributed by atoms with Crippen LogP contribution < -0.4 is 10.4 Å². The number of rotatable bonds is 6. The van der Waals surface area contributed by atoms with E-state index in [-0.39, 0.29) is 19.0 Å². The highest BCUT2D eigenvalue weighted by Gasteiger charge is 2.20. The van der Waals surface area contributed by atoms with Crippen molar-refractivity contribution in [1.82, 2.24) is 0 Å². The molecule has 2 aromatic rings. The van der Waals surface area contributed by atoms with Crippen LogP contribution in [0.3, 0.4) is 0 Å². The first-order valence-electron chi connectivity index (χ1n) is 8.98. The number of hydrogen-bond acceptors (Lipinski definition) is 0. The zero-order valence-electron chi connectivity index (χ0n) is 13.6. The molecule has 0 spiro atoms. The third kappa shape index (κ3) is 4.96. The quantitative estimate of drug-likeness (QED) is 0.717. The summed E-state index contributed by atoms with van der Waals surface area (Å²) >= 11 is 0. The zero-order valence-corrected chi connectivity index (χ0v) is 16.4. The summed E-state index contributed by atoms with van der Waals surface area (Å²) in [6.07, 6.45) is 8.98. The van der Waals surface area contributed by atoms with Crippen molar-refractivity contribution in [2.75, 3.05) is 0 Å². The molecule has 116 valence electrons. The van der Waals surface area contributed by atoms with E-state index in [4.69, 9.17) is 0 Å². The van der Waals surface area contributed by atoms with Crippen LogP contribution >= 0.6 is 0 Å². The lowest BCUT2D eigenvalue weighted by molar-refractivity contribution is 0.345. The van der Waals surface area contributed by atoms with Gasteiger partial charge in [0.15, 0.2) is 0 Å². The molecule has 0 saturated heterocycles. The van der Waals surface area contributed by atoms with Crippen molar-refractivity contribution in [3.8, 4) is 0 Å². The van der Waals surface area contributed by atoms with Gasteiger partial charge in [0.2, 0.25) is 0 Å². The van der Waals surface area contributed by atoms with Crippen LogP contribution in [0.25, 0.3) is 0 Å². The van der Waals surface area contributed by atoms with E-state index in [2.05, 4.69) is 60.7 Å². The van der Waals surface area contributed by atoms with Crippen molar-refractivity contribution in [2.45, 2.75) is 43.7 Å². The molecule has 1 saturated carbocycles. The summed E-state index contributed by atoms with van der Waals surface area (Å²) in [5.41, 5.74) is 0. The molecule has 0 aliphatic heterocycles. The van der Waals surface area contributed by atoms with Gasteiger partial charge >= 0.3 is 0 Å². The van der Waals surface area contributed by atoms with Gasteiger partial charge in [-0.25, -0.2) is 0 Å². The molecule has 2 aromatic carbocycles. The summed E-state index contributed by atoms with van der Waals surface area (Å²) in [6.45, 7) is 0. The van der Waals surface area contributed by atoms with E-state index in [9.17, 15) is 0 Å². The van der Waals surface area contributed by atoms with E-state index in [1.165, 1.54) is 38.5 Å². The van der Waals surface area contributed by atoms with Crippen molar-refractivity contribution in [1.29, 1.82) is 0 Å². The van der Waals surface area contributed by atoms with Gasteiger partial charge in [-0.05, 0) is 5.92 Å². The number of hydrogen-bond donors (Lipinski definition) is 0. The molecule has 1 aliphatic carbocycles. The minimum atomic E-state index is -0.125. The first-order valence-corrected chi connectivity index (χ1v) is 12.0. The molecule has 0 atom stereocenters. The lowest BCUT2D eigenvalue weighted by Crippen LogP contribution is -2.31. The Morgan fingerprint density at radius 1 is 0.727 bits per heavy atom. The normalized spacial score (nSPS) is 18.4. The average Bonchev–Trinajstić information content (AvgIpc) is 2.57. The molecule has 0 unspecified atom stereocenters. The summed E-state index contributed by atoms with van der Waals surface area (Å²) in [5.74, 6) is 1.03. The molecule has 0 heterocycles. The minimum absolute atomic E-state index is 0.125. The van der Waals surface area contributed by atoms with Gasteiger partial charge in [-0.15, -0.1) is 0 Å². The maximum absolute atomic E-state index is 2.37. The fraction of sp³-hybridized carbons (Fsp3) is 0.400. The second-order valence-electron chi connectivity index (χ2n) is 6.99. The zero-order chi connectivity index (χ0) is 15.0. The fourth-order valence-electron chi connectivity index (χ4n) is 4.03. The smallest absolute Gasteiger partial charge is 0.0550 e. The number of benzene rings is 2. The van der Waals surface area contributed by atoms with Gasteiger partial charge in [-0.3, -0.25) is 0 Å². The molecule has 0 nitrogen and oxygen atoms in total. The summed E-state index contributed by atoms with van der Waals surface area (Å²) in [6, 6.07) is 22.7. The van der Waals surface area contributed by atoms with E-state index >= 15 is 0 Å². The van der Waals surface area contributed by atoms with E-state index < -0.39 is 0 Å². The lowest BCUT2D eigenvalue weighted by Gasteiger charge is -2.26. The van der Waals surface area contributed by atoms with E-state index in [1.54, 1.807) is 10.4 Å². The van der Waals surface area contributed by atoms with Crippen molar-refractivity contribution < 1.29 is 0 Å². The molecule has 0 N–H and O–H groups in total. The second kappa shape index (κ2) is 8.49. The highest BCUT2D eigenvalue weighted by atomic mass is 28.3. The standard InChI is InChI=1S/C20H28Si2/c1-4-10-17(11-5-1)16-20(21-18-12-6-2-7-13-18)22-19-14-8-3-9-15-19/h2-3,6-9,12-15,17,20H,1,4-5,10-11,16,21-22H2. The van der Waals surface area contributed by atoms with Crippen molar-refractivity contribution >= 4 is 29.4 Å². The molecule has 0 amide bonds. The van der Waals surface area contributed by atoms with Crippen LogP contribution in [0.5, 0.6) is 0 Å². The molecule has 0 radical (unpaired) electrons. The van der Waals surface area contributed by atoms with Crippen LogP contribution in [-0.4, -0.2) is 19.0 Å². The van der Waals surface area contributed by atoms with Crippen LogP contribution in [0.15, 0.2) is 60.7 Å². The molecular weight excluding hydrogens is 296 g/mol. The van der Waals surface area contributed by atoms with E-state index in [0.717, 1.165) is 11.1 Å². The van der Waals surface area contributed by atoms with Crippen LogP contribution in [0, 0.1) is 5.92 Å². The summed E-state index contributed by atoms with van der Waals surface area (Å²) in [5, 5.41) is 4.41. The Bertz CT molecular complexity index is 491. The van der Waals surface area contributed by atoms with Crippen LogP contribution in [0.2, 0.25) is 5.16 Å². The molecule has 1 fully saturated rings. The highest BCUT2D eigenvalue weighted by molar-refractivity contribution is 6.73. The van der Waals surface area contributed by atoms with E-state index in [1.807, 2.05) is 0 Å². The summed E-state index contributed by atoms with van der Waals surface area (Å²) in [7, 11) is -0.249. The Hall–Kier alpha value is -1.13. The summed E-state index contributed by atoms with van der Waals surface area (Å²) in [4.78, 5) is 0. The lowest BCUT2D eigenvalue weighted by atomic mass is 9.87. The fourth-order valence-corrected chi connectivity index (χ4v) is 10.3.